The quantitative estimate of drug-likeness (QED) is 0.686. The molecule has 0 aliphatic rings. The van der Waals surface area contributed by atoms with Gasteiger partial charge < -0.3 is 15.4 Å². The Labute approximate surface area is 115 Å². The van der Waals surface area contributed by atoms with Crippen molar-refractivity contribution in [2.75, 3.05) is 20.7 Å². The van der Waals surface area contributed by atoms with Gasteiger partial charge in [0, 0.05) is 12.5 Å². The molecule has 0 heterocycles. The van der Waals surface area contributed by atoms with Crippen molar-refractivity contribution in [3.63, 3.8) is 0 Å². The SMILES string of the molecule is CCCC(C)(NC(=O)C(C)CNC)C(=O)OC.Cl. The van der Waals surface area contributed by atoms with Crippen LogP contribution >= 0.6 is 12.4 Å². The molecule has 0 bridgehead atoms. The van der Waals surface area contributed by atoms with Gasteiger partial charge in [-0.25, -0.2) is 4.79 Å². The van der Waals surface area contributed by atoms with Gasteiger partial charge in [0.15, 0.2) is 0 Å². The van der Waals surface area contributed by atoms with Crippen molar-refractivity contribution >= 4 is 24.3 Å². The number of methoxy groups -OCH3 is 1. The van der Waals surface area contributed by atoms with Crippen LogP contribution in [-0.4, -0.2) is 38.1 Å². The van der Waals surface area contributed by atoms with E-state index >= 15 is 0 Å². The van der Waals surface area contributed by atoms with Crippen LogP contribution in [0.4, 0.5) is 0 Å². The average molecular weight is 281 g/mol. The molecular formula is C12H25ClN2O3. The van der Waals surface area contributed by atoms with Crippen LogP contribution in [0.25, 0.3) is 0 Å². The lowest BCUT2D eigenvalue weighted by Crippen LogP contribution is -2.54. The third-order valence-corrected chi connectivity index (χ3v) is 2.74. The molecule has 108 valence electrons. The molecule has 6 heteroatoms. The second kappa shape index (κ2) is 9.16. The number of hydrogen-bond acceptors (Lipinski definition) is 4. The summed E-state index contributed by atoms with van der Waals surface area (Å²) in [5.41, 5.74) is -0.928. The summed E-state index contributed by atoms with van der Waals surface area (Å²) in [5.74, 6) is -0.717. The minimum atomic E-state index is -0.928. The molecule has 0 rings (SSSR count). The number of nitrogens with one attached hydrogen (secondary N) is 2. The van der Waals surface area contributed by atoms with Crippen molar-refractivity contribution in [1.29, 1.82) is 0 Å². The first-order valence-electron chi connectivity index (χ1n) is 5.96. The van der Waals surface area contributed by atoms with E-state index in [-0.39, 0.29) is 24.2 Å². The zero-order valence-electron chi connectivity index (χ0n) is 11.8. The Morgan fingerprint density at radius 2 is 1.94 bits per heavy atom. The lowest BCUT2D eigenvalue weighted by Gasteiger charge is -2.28. The van der Waals surface area contributed by atoms with Crippen molar-refractivity contribution in [2.45, 2.75) is 39.2 Å². The van der Waals surface area contributed by atoms with Gasteiger partial charge in [-0.1, -0.05) is 20.3 Å². The molecule has 2 unspecified atom stereocenters. The minimum Gasteiger partial charge on any atom is -0.467 e. The number of esters is 1. The van der Waals surface area contributed by atoms with Gasteiger partial charge in [0.25, 0.3) is 0 Å². The number of carbonyl (C=O) groups excluding carboxylic acids is 2. The van der Waals surface area contributed by atoms with E-state index in [2.05, 4.69) is 10.6 Å². The highest BCUT2D eigenvalue weighted by Gasteiger charge is 2.35. The van der Waals surface area contributed by atoms with E-state index < -0.39 is 11.5 Å². The van der Waals surface area contributed by atoms with Crippen LogP contribution < -0.4 is 10.6 Å². The Morgan fingerprint density at radius 1 is 1.39 bits per heavy atom. The van der Waals surface area contributed by atoms with Crippen molar-refractivity contribution in [3.05, 3.63) is 0 Å². The first kappa shape index (κ1) is 19.5. The van der Waals surface area contributed by atoms with Crippen molar-refractivity contribution in [3.8, 4) is 0 Å². The van der Waals surface area contributed by atoms with Gasteiger partial charge >= 0.3 is 5.97 Å². The van der Waals surface area contributed by atoms with E-state index in [1.165, 1.54) is 7.11 Å². The van der Waals surface area contributed by atoms with Crippen LogP contribution in [0.3, 0.4) is 0 Å². The van der Waals surface area contributed by atoms with Gasteiger partial charge in [0.1, 0.15) is 5.54 Å². The maximum atomic E-state index is 11.9. The van der Waals surface area contributed by atoms with Gasteiger partial charge in [-0.15, -0.1) is 12.4 Å². The smallest absolute Gasteiger partial charge is 0.331 e. The molecule has 0 spiro atoms. The monoisotopic (exact) mass is 280 g/mol. The molecule has 0 aromatic heterocycles. The topological polar surface area (TPSA) is 67.4 Å². The summed E-state index contributed by atoms with van der Waals surface area (Å²) >= 11 is 0. The summed E-state index contributed by atoms with van der Waals surface area (Å²) in [7, 11) is 3.12. The normalized spacial score (nSPS) is 14.9. The summed E-state index contributed by atoms with van der Waals surface area (Å²) in [4.78, 5) is 23.6. The van der Waals surface area contributed by atoms with Gasteiger partial charge in [-0.3, -0.25) is 4.79 Å². The highest BCUT2D eigenvalue weighted by atomic mass is 35.5. The molecule has 0 aromatic rings. The molecule has 0 fully saturated rings. The number of halogens is 1. The maximum absolute atomic E-state index is 11.9. The standard InChI is InChI=1S/C12H24N2O3.ClH/c1-6-7-12(3,11(16)17-5)14-10(15)9(2)8-13-4;/h9,13H,6-8H2,1-5H3,(H,14,15);1H. The predicted molar refractivity (Wildman–Crippen MR) is 73.8 cm³/mol. The van der Waals surface area contributed by atoms with Gasteiger partial charge in [-0.05, 0) is 20.4 Å². The van der Waals surface area contributed by atoms with E-state index in [1.807, 2.05) is 13.8 Å². The Kier molecular flexibility index (Phi) is 9.94. The maximum Gasteiger partial charge on any atom is 0.331 e. The van der Waals surface area contributed by atoms with Crippen molar-refractivity contribution in [2.24, 2.45) is 5.92 Å². The molecule has 0 aliphatic carbocycles. The third-order valence-electron chi connectivity index (χ3n) is 2.74. The zero-order chi connectivity index (χ0) is 13.5. The zero-order valence-corrected chi connectivity index (χ0v) is 12.6. The Morgan fingerprint density at radius 3 is 2.33 bits per heavy atom. The van der Waals surface area contributed by atoms with E-state index in [4.69, 9.17) is 4.74 Å². The summed E-state index contributed by atoms with van der Waals surface area (Å²) in [6.07, 6.45) is 1.37. The fraction of sp³-hybridized carbons (Fsp3) is 0.833. The minimum absolute atomic E-state index is 0. The average Bonchev–Trinajstić information content (AvgIpc) is 2.28. The first-order chi connectivity index (χ1) is 7.91. The molecule has 0 aromatic carbocycles. The molecule has 18 heavy (non-hydrogen) atoms. The van der Waals surface area contributed by atoms with Crippen LogP contribution in [0.1, 0.15) is 33.6 Å². The van der Waals surface area contributed by atoms with E-state index in [1.54, 1.807) is 14.0 Å². The summed E-state index contributed by atoms with van der Waals surface area (Å²) < 4.78 is 4.74. The molecule has 0 radical (unpaired) electrons. The summed E-state index contributed by atoms with van der Waals surface area (Å²) in [6, 6.07) is 0. The Bertz CT molecular complexity index is 274. The highest BCUT2D eigenvalue weighted by molar-refractivity contribution is 5.88. The fourth-order valence-electron chi connectivity index (χ4n) is 1.73. The number of hydrogen-bond donors (Lipinski definition) is 2. The highest BCUT2D eigenvalue weighted by Crippen LogP contribution is 2.15. The second-order valence-electron chi connectivity index (χ2n) is 4.52. The first-order valence-corrected chi connectivity index (χ1v) is 5.96. The molecule has 2 atom stereocenters. The molecule has 2 N–H and O–H groups in total. The number of amides is 1. The molecule has 0 saturated carbocycles. The van der Waals surface area contributed by atoms with Crippen molar-refractivity contribution < 1.29 is 14.3 Å². The van der Waals surface area contributed by atoms with Crippen molar-refractivity contribution in [1.82, 2.24) is 10.6 Å². The molecule has 5 nitrogen and oxygen atoms in total. The lowest BCUT2D eigenvalue weighted by atomic mass is 9.95. The predicted octanol–water partition coefficient (Wildman–Crippen LogP) is 1.11. The third kappa shape index (κ3) is 5.69. The van der Waals surface area contributed by atoms with Gasteiger partial charge in [0.2, 0.25) is 5.91 Å². The van der Waals surface area contributed by atoms with Crippen LogP contribution in [0.2, 0.25) is 0 Å². The van der Waals surface area contributed by atoms with Gasteiger partial charge in [-0.2, -0.15) is 0 Å². The number of rotatable bonds is 7. The second-order valence-corrected chi connectivity index (χ2v) is 4.52. The van der Waals surface area contributed by atoms with Gasteiger partial charge in [0.05, 0.1) is 7.11 Å². The van der Waals surface area contributed by atoms with Crippen LogP contribution in [0.5, 0.6) is 0 Å². The number of ether oxygens (including phenoxy) is 1. The van der Waals surface area contributed by atoms with E-state index in [0.29, 0.717) is 13.0 Å². The van der Waals surface area contributed by atoms with Crippen LogP contribution in [0, 0.1) is 5.92 Å². The van der Waals surface area contributed by atoms with E-state index in [0.717, 1.165) is 6.42 Å². The number of carbonyl (C=O) groups is 2. The Balaban J connectivity index is 0. The van der Waals surface area contributed by atoms with Crippen LogP contribution in [0.15, 0.2) is 0 Å². The fourth-order valence-corrected chi connectivity index (χ4v) is 1.73. The lowest BCUT2D eigenvalue weighted by molar-refractivity contribution is -0.151. The molecule has 0 saturated heterocycles. The molecular weight excluding hydrogens is 256 g/mol. The Hall–Kier alpha value is -0.810. The van der Waals surface area contributed by atoms with Crippen LogP contribution in [-0.2, 0) is 14.3 Å². The largest absolute Gasteiger partial charge is 0.467 e. The molecule has 1 amide bonds. The van der Waals surface area contributed by atoms with E-state index in [9.17, 15) is 9.59 Å². The molecule has 0 aliphatic heterocycles. The summed E-state index contributed by atoms with van der Waals surface area (Å²) in [5, 5.41) is 5.71. The summed E-state index contributed by atoms with van der Waals surface area (Å²) in [6.45, 7) is 6.06.